The van der Waals surface area contributed by atoms with Crippen LogP contribution in [0.2, 0.25) is 0 Å². The summed E-state index contributed by atoms with van der Waals surface area (Å²) in [5.74, 6) is -1.61. The van der Waals surface area contributed by atoms with Gasteiger partial charge in [-0.3, -0.25) is 19.4 Å². The van der Waals surface area contributed by atoms with Crippen LogP contribution in [0.1, 0.15) is 32.1 Å². The molecule has 11 heteroatoms. The van der Waals surface area contributed by atoms with E-state index in [9.17, 15) is 14.4 Å². The summed E-state index contributed by atoms with van der Waals surface area (Å²) in [5.41, 5.74) is 21.2. The maximum Gasteiger partial charge on any atom is 0.243 e. The summed E-state index contributed by atoms with van der Waals surface area (Å²) < 4.78 is 0. The summed E-state index contributed by atoms with van der Waals surface area (Å²) in [6, 6.07) is -1.64. The molecule has 0 rings (SSSR count). The van der Waals surface area contributed by atoms with E-state index in [2.05, 4.69) is 28.3 Å². The molecule has 0 aromatic carbocycles. The molecule has 2 atom stereocenters. The number of carbonyl (C=O) groups is 3. The fourth-order valence-electron chi connectivity index (χ4n) is 2.06. The highest BCUT2D eigenvalue weighted by Crippen LogP contribution is 2.04. The van der Waals surface area contributed by atoms with Crippen LogP contribution >= 0.6 is 12.6 Å². The van der Waals surface area contributed by atoms with Crippen LogP contribution in [0.4, 0.5) is 0 Å². The highest BCUT2D eigenvalue weighted by molar-refractivity contribution is 7.81. The van der Waals surface area contributed by atoms with Gasteiger partial charge in [-0.25, -0.2) is 0 Å². The van der Waals surface area contributed by atoms with Crippen LogP contribution in [0.25, 0.3) is 0 Å². The SMILES string of the molecule is NCCCC[C@H](NC(=O)CS)C(=O)N[C@@H](CCCN=C(N)N)C(N)=O. The zero-order valence-electron chi connectivity index (χ0n) is 14.2. The zero-order valence-corrected chi connectivity index (χ0v) is 15.1. The van der Waals surface area contributed by atoms with Crippen molar-refractivity contribution in [2.45, 2.75) is 44.2 Å². The molecule has 25 heavy (non-hydrogen) atoms. The van der Waals surface area contributed by atoms with Crippen LogP contribution in [0.3, 0.4) is 0 Å². The minimum Gasteiger partial charge on any atom is -0.370 e. The number of primary amides is 1. The van der Waals surface area contributed by atoms with Crippen molar-refractivity contribution >= 4 is 36.3 Å². The first-order valence-electron chi connectivity index (χ1n) is 8.07. The molecule has 3 amide bonds. The predicted molar refractivity (Wildman–Crippen MR) is 99.7 cm³/mol. The van der Waals surface area contributed by atoms with E-state index < -0.39 is 23.9 Å². The summed E-state index contributed by atoms with van der Waals surface area (Å²) in [6.45, 7) is 0.807. The van der Waals surface area contributed by atoms with Crippen molar-refractivity contribution in [3.63, 3.8) is 0 Å². The molecule has 0 aliphatic rings. The summed E-state index contributed by atoms with van der Waals surface area (Å²) in [6.07, 6.45) is 2.54. The number of thiol groups is 1. The lowest BCUT2D eigenvalue weighted by molar-refractivity contribution is -0.131. The number of hydrogen-bond acceptors (Lipinski definition) is 6. The molecule has 10 N–H and O–H groups in total. The van der Waals surface area contributed by atoms with E-state index in [1.54, 1.807) is 0 Å². The molecular weight excluding hydrogens is 346 g/mol. The molecule has 144 valence electrons. The monoisotopic (exact) mass is 375 g/mol. The van der Waals surface area contributed by atoms with Gasteiger partial charge in [0.2, 0.25) is 17.7 Å². The second-order valence-electron chi connectivity index (χ2n) is 5.48. The standard InChI is InChI=1S/C14H29N7O3S/c15-6-2-1-4-10(20-11(22)8-25)13(24)21-9(12(16)23)5-3-7-19-14(17)18/h9-10,25H,1-8,15H2,(H2,16,23)(H,20,22)(H,21,24)(H4,17,18,19)/t9-,10-/m0/s1. The normalized spacial score (nSPS) is 12.7. The van der Waals surface area contributed by atoms with E-state index >= 15 is 0 Å². The van der Waals surface area contributed by atoms with Crippen molar-refractivity contribution < 1.29 is 14.4 Å². The Balaban J connectivity index is 4.72. The molecule has 0 heterocycles. The van der Waals surface area contributed by atoms with Crippen LogP contribution in [-0.2, 0) is 14.4 Å². The van der Waals surface area contributed by atoms with Crippen molar-refractivity contribution in [2.75, 3.05) is 18.8 Å². The van der Waals surface area contributed by atoms with Crippen molar-refractivity contribution in [1.82, 2.24) is 10.6 Å². The number of rotatable bonds is 13. The third-order valence-corrected chi connectivity index (χ3v) is 3.63. The van der Waals surface area contributed by atoms with Crippen LogP contribution in [0, 0.1) is 0 Å². The number of nitrogens with one attached hydrogen (secondary N) is 2. The molecule has 0 aromatic rings. The van der Waals surface area contributed by atoms with Crippen molar-refractivity contribution in [3.05, 3.63) is 0 Å². The molecule has 0 bridgehead atoms. The Hall–Kier alpha value is -2.01. The first kappa shape index (κ1) is 23.0. The van der Waals surface area contributed by atoms with E-state index in [-0.39, 0.29) is 24.0 Å². The van der Waals surface area contributed by atoms with E-state index in [1.807, 2.05) is 0 Å². The lowest BCUT2D eigenvalue weighted by atomic mass is 10.1. The maximum absolute atomic E-state index is 12.4. The number of guanidine groups is 1. The lowest BCUT2D eigenvalue weighted by Gasteiger charge is -2.21. The molecule has 10 nitrogen and oxygen atoms in total. The quantitative estimate of drug-likeness (QED) is 0.0808. The molecule has 0 radical (unpaired) electrons. The average molecular weight is 375 g/mol. The van der Waals surface area contributed by atoms with Crippen molar-refractivity contribution in [1.29, 1.82) is 0 Å². The first-order chi connectivity index (χ1) is 11.8. The second kappa shape index (κ2) is 13.3. The molecule has 0 aliphatic carbocycles. The third kappa shape index (κ3) is 11.2. The van der Waals surface area contributed by atoms with Gasteiger partial charge in [0.25, 0.3) is 0 Å². The van der Waals surface area contributed by atoms with Crippen LogP contribution in [0.5, 0.6) is 0 Å². The summed E-state index contributed by atoms with van der Waals surface area (Å²) in [7, 11) is 0. The zero-order chi connectivity index (χ0) is 19.2. The van der Waals surface area contributed by atoms with E-state index in [0.717, 1.165) is 6.42 Å². The molecule has 0 aliphatic heterocycles. The van der Waals surface area contributed by atoms with E-state index in [1.165, 1.54) is 0 Å². The number of nitrogens with two attached hydrogens (primary N) is 4. The minimum absolute atomic E-state index is 0.0432. The van der Waals surface area contributed by atoms with Gasteiger partial charge in [0, 0.05) is 6.54 Å². The number of carbonyl (C=O) groups excluding carboxylic acids is 3. The second-order valence-corrected chi connectivity index (χ2v) is 5.79. The highest BCUT2D eigenvalue weighted by Gasteiger charge is 2.24. The Morgan fingerprint density at radius 2 is 1.60 bits per heavy atom. The van der Waals surface area contributed by atoms with Crippen molar-refractivity contribution in [3.8, 4) is 0 Å². The smallest absolute Gasteiger partial charge is 0.243 e. The Bertz CT molecular complexity index is 469. The summed E-state index contributed by atoms with van der Waals surface area (Å²) >= 11 is 3.87. The minimum atomic E-state index is -0.869. The van der Waals surface area contributed by atoms with E-state index in [0.29, 0.717) is 32.4 Å². The number of nitrogens with zero attached hydrogens (tertiary/aromatic N) is 1. The predicted octanol–water partition coefficient (Wildman–Crippen LogP) is -2.45. The van der Waals surface area contributed by atoms with Crippen molar-refractivity contribution in [2.24, 2.45) is 27.9 Å². The average Bonchev–Trinajstić information content (AvgIpc) is 2.55. The van der Waals surface area contributed by atoms with Gasteiger partial charge in [0.15, 0.2) is 5.96 Å². The fraction of sp³-hybridized carbons (Fsp3) is 0.714. The summed E-state index contributed by atoms with van der Waals surface area (Å²) in [5, 5.41) is 5.14. The molecule has 0 spiro atoms. The number of hydrogen-bond donors (Lipinski definition) is 7. The van der Waals surface area contributed by atoms with Crippen LogP contribution in [-0.4, -0.2) is 54.6 Å². The Morgan fingerprint density at radius 1 is 0.960 bits per heavy atom. The van der Waals surface area contributed by atoms with Gasteiger partial charge in [-0.1, -0.05) is 0 Å². The first-order valence-corrected chi connectivity index (χ1v) is 8.70. The Morgan fingerprint density at radius 3 is 2.12 bits per heavy atom. The summed E-state index contributed by atoms with van der Waals surface area (Å²) in [4.78, 5) is 39.2. The highest BCUT2D eigenvalue weighted by atomic mass is 32.1. The Kier molecular flexibility index (Phi) is 12.2. The van der Waals surface area contributed by atoms with Gasteiger partial charge < -0.3 is 33.6 Å². The molecular formula is C14H29N7O3S. The van der Waals surface area contributed by atoms with Gasteiger partial charge in [0.05, 0.1) is 5.75 Å². The van der Waals surface area contributed by atoms with Gasteiger partial charge in [-0.15, -0.1) is 0 Å². The Labute approximate surface area is 152 Å². The maximum atomic E-state index is 12.4. The number of amides is 3. The van der Waals surface area contributed by atoms with Crippen LogP contribution < -0.4 is 33.6 Å². The molecule has 0 fully saturated rings. The molecule has 0 aromatic heterocycles. The largest absolute Gasteiger partial charge is 0.370 e. The van der Waals surface area contributed by atoms with Gasteiger partial charge in [-0.05, 0) is 38.6 Å². The number of aliphatic imine (C=N–C) groups is 1. The van der Waals surface area contributed by atoms with Gasteiger partial charge >= 0.3 is 0 Å². The molecule has 0 saturated heterocycles. The van der Waals surface area contributed by atoms with Gasteiger partial charge in [0.1, 0.15) is 12.1 Å². The third-order valence-electron chi connectivity index (χ3n) is 3.35. The molecule has 0 unspecified atom stereocenters. The van der Waals surface area contributed by atoms with Gasteiger partial charge in [-0.2, -0.15) is 12.6 Å². The number of unbranched alkanes of at least 4 members (excludes halogenated alkanes) is 1. The van der Waals surface area contributed by atoms with Crippen LogP contribution in [0.15, 0.2) is 4.99 Å². The molecule has 0 saturated carbocycles. The topological polar surface area (TPSA) is 192 Å². The van der Waals surface area contributed by atoms with E-state index in [4.69, 9.17) is 22.9 Å². The fourth-order valence-corrected chi connectivity index (χ4v) is 2.15. The lowest BCUT2D eigenvalue weighted by Crippen LogP contribution is -2.53.